The third-order valence-electron chi connectivity index (χ3n) is 4.74. The molecule has 0 radical (unpaired) electrons. The van der Waals surface area contributed by atoms with Crippen LogP contribution in [0.15, 0.2) is 48.6 Å². The van der Waals surface area contributed by atoms with Gasteiger partial charge in [-0.25, -0.2) is 0 Å². The van der Waals surface area contributed by atoms with Crippen LogP contribution in [0.1, 0.15) is 78.1 Å². The second-order valence-corrected chi connectivity index (χ2v) is 7.23. The SMILES string of the molecule is CC/C=C\C/C=C\C/C=C\CC1CC1C/C=C\CCCC(=O)NCCC. The lowest BCUT2D eigenvalue weighted by Gasteiger charge is -2.01. The summed E-state index contributed by atoms with van der Waals surface area (Å²) in [6, 6.07) is 0. The van der Waals surface area contributed by atoms with Crippen LogP contribution in [0, 0.1) is 11.8 Å². The predicted molar refractivity (Wildman–Crippen MR) is 114 cm³/mol. The number of hydrogen-bond acceptors (Lipinski definition) is 1. The number of amides is 1. The normalized spacial score (nSPS) is 20.1. The minimum atomic E-state index is 0.196. The van der Waals surface area contributed by atoms with E-state index in [4.69, 9.17) is 0 Å². The van der Waals surface area contributed by atoms with Crippen LogP contribution in [0.4, 0.5) is 0 Å². The summed E-state index contributed by atoms with van der Waals surface area (Å²) in [5.41, 5.74) is 0. The van der Waals surface area contributed by atoms with Gasteiger partial charge in [-0.15, -0.1) is 0 Å². The smallest absolute Gasteiger partial charge is 0.220 e. The largest absolute Gasteiger partial charge is 0.356 e. The van der Waals surface area contributed by atoms with Gasteiger partial charge in [-0.1, -0.05) is 62.5 Å². The maximum Gasteiger partial charge on any atom is 0.220 e. The summed E-state index contributed by atoms with van der Waals surface area (Å²) in [7, 11) is 0. The molecule has 2 unspecified atom stereocenters. The van der Waals surface area contributed by atoms with Crippen molar-refractivity contribution in [2.24, 2.45) is 11.8 Å². The van der Waals surface area contributed by atoms with Gasteiger partial charge in [-0.05, 0) is 69.6 Å². The molecule has 0 aliphatic heterocycles. The molecule has 2 heteroatoms. The van der Waals surface area contributed by atoms with E-state index in [2.05, 4.69) is 67.8 Å². The van der Waals surface area contributed by atoms with E-state index < -0.39 is 0 Å². The Morgan fingerprint density at radius 1 is 0.885 bits per heavy atom. The molecular formula is C24H39NO. The van der Waals surface area contributed by atoms with Gasteiger partial charge in [0, 0.05) is 13.0 Å². The molecule has 0 bridgehead atoms. The van der Waals surface area contributed by atoms with Crippen LogP contribution in [0.25, 0.3) is 0 Å². The van der Waals surface area contributed by atoms with Gasteiger partial charge in [-0.3, -0.25) is 4.79 Å². The van der Waals surface area contributed by atoms with E-state index in [-0.39, 0.29) is 5.91 Å². The minimum absolute atomic E-state index is 0.196. The first kappa shape index (κ1) is 22.5. The predicted octanol–water partition coefficient (Wildman–Crippen LogP) is 6.51. The summed E-state index contributed by atoms with van der Waals surface area (Å²) in [5, 5.41) is 2.92. The Balaban J connectivity index is 1.95. The van der Waals surface area contributed by atoms with Crippen LogP contribution in [0.5, 0.6) is 0 Å². The Hall–Kier alpha value is -1.57. The van der Waals surface area contributed by atoms with Gasteiger partial charge in [0.05, 0.1) is 0 Å². The van der Waals surface area contributed by atoms with Gasteiger partial charge in [-0.2, -0.15) is 0 Å². The quantitative estimate of drug-likeness (QED) is 0.262. The molecule has 1 aliphatic rings. The van der Waals surface area contributed by atoms with Gasteiger partial charge in [0.2, 0.25) is 5.91 Å². The molecule has 1 rings (SSSR count). The highest BCUT2D eigenvalue weighted by Crippen LogP contribution is 2.44. The molecule has 0 aromatic carbocycles. The first-order valence-electron chi connectivity index (χ1n) is 10.6. The summed E-state index contributed by atoms with van der Waals surface area (Å²) in [4.78, 5) is 11.5. The van der Waals surface area contributed by atoms with Crippen LogP contribution in [0.2, 0.25) is 0 Å². The zero-order chi connectivity index (χ0) is 18.9. The summed E-state index contributed by atoms with van der Waals surface area (Å²) < 4.78 is 0. The molecule has 1 aliphatic carbocycles. The second-order valence-electron chi connectivity index (χ2n) is 7.23. The molecule has 1 saturated carbocycles. The van der Waals surface area contributed by atoms with Gasteiger partial charge in [0.25, 0.3) is 0 Å². The van der Waals surface area contributed by atoms with E-state index >= 15 is 0 Å². The summed E-state index contributed by atoms with van der Waals surface area (Å²) >= 11 is 0. The topological polar surface area (TPSA) is 29.1 Å². The molecule has 2 nitrogen and oxygen atoms in total. The highest BCUT2D eigenvalue weighted by Gasteiger charge is 2.34. The van der Waals surface area contributed by atoms with Crippen LogP contribution in [-0.2, 0) is 4.79 Å². The van der Waals surface area contributed by atoms with Crippen LogP contribution >= 0.6 is 0 Å². The van der Waals surface area contributed by atoms with Crippen LogP contribution in [0.3, 0.4) is 0 Å². The lowest BCUT2D eigenvalue weighted by molar-refractivity contribution is -0.121. The zero-order valence-corrected chi connectivity index (χ0v) is 17.0. The van der Waals surface area contributed by atoms with Crippen LogP contribution < -0.4 is 5.32 Å². The first-order valence-corrected chi connectivity index (χ1v) is 10.6. The maximum absolute atomic E-state index is 11.5. The number of rotatable bonds is 15. The fourth-order valence-electron chi connectivity index (χ4n) is 2.99. The van der Waals surface area contributed by atoms with Gasteiger partial charge < -0.3 is 5.32 Å². The van der Waals surface area contributed by atoms with Gasteiger partial charge in [0.1, 0.15) is 0 Å². The first-order chi connectivity index (χ1) is 12.8. The van der Waals surface area contributed by atoms with Crippen molar-refractivity contribution >= 4 is 5.91 Å². The average Bonchev–Trinajstić information content (AvgIpc) is 3.39. The molecule has 1 fully saturated rings. The highest BCUT2D eigenvalue weighted by atomic mass is 16.1. The molecule has 0 saturated heterocycles. The molecule has 1 N–H and O–H groups in total. The summed E-state index contributed by atoms with van der Waals surface area (Å²) in [5.74, 6) is 1.98. The number of carbonyl (C=O) groups is 1. The van der Waals surface area contributed by atoms with E-state index in [1.54, 1.807) is 0 Å². The Kier molecular flexibility index (Phi) is 13.5. The number of allylic oxidation sites excluding steroid dienone is 8. The van der Waals surface area contributed by atoms with E-state index in [0.29, 0.717) is 6.42 Å². The van der Waals surface area contributed by atoms with Crippen molar-refractivity contribution in [3.8, 4) is 0 Å². The van der Waals surface area contributed by atoms with E-state index in [1.165, 1.54) is 19.3 Å². The molecule has 146 valence electrons. The van der Waals surface area contributed by atoms with Crippen molar-refractivity contribution < 1.29 is 4.79 Å². The second kappa shape index (κ2) is 15.7. The fourth-order valence-corrected chi connectivity index (χ4v) is 2.99. The van der Waals surface area contributed by atoms with Crippen molar-refractivity contribution in [2.75, 3.05) is 6.54 Å². The zero-order valence-electron chi connectivity index (χ0n) is 17.0. The molecule has 0 spiro atoms. The average molecular weight is 358 g/mol. The molecule has 2 atom stereocenters. The number of carbonyl (C=O) groups excluding carboxylic acids is 1. The monoisotopic (exact) mass is 357 g/mol. The highest BCUT2D eigenvalue weighted by molar-refractivity contribution is 5.75. The third-order valence-corrected chi connectivity index (χ3v) is 4.74. The minimum Gasteiger partial charge on any atom is -0.356 e. The summed E-state index contributed by atoms with van der Waals surface area (Å²) in [6.45, 7) is 5.05. The Morgan fingerprint density at radius 2 is 1.50 bits per heavy atom. The number of unbranched alkanes of at least 4 members (excludes halogenated alkanes) is 1. The maximum atomic E-state index is 11.5. The number of hydrogen-bond donors (Lipinski definition) is 1. The van der Waals surface area contributed by atoms with Crippen molar-refractivity contribution in [3.63, 3.8) is 0 Å². The molecule has 0 aromatic rings. The molecule has 26 heavy (non-hydrogen) atoms. The standard InChI is InChI=1S/C24H39NO/c1-3-5-6-7-8-9-10-11-14-17-22-21-23(22)18-15-12-13-16-19-24(26)25-20-4-2/h5-6,8-9,11-12,14-15,22-23H,3-4,7,10,13,16-21H2,1-2H3,(H,25,26)/b6-5-,9-8-,14-11-,15-12-. The Morgan fingerprint density at radius 3 is 2.15 bits per heavy atom. The van der Waals surface area contributed by atoms with Gasteiger partial charge in [0.15, 0.2) is 0 Å². The van der Waals surface area contributed by atoms with E-state index in [9.17, 15) is 4.79 Å². The molecule has 0 heterocycles. The van der Waals surface area contributed by atoms with E-state index in [1.807, 2.05) is 0 Å². The fraction of sp³-hybridized carbons (Fsp3) is 0.625. The van der Waals surface area contributed by atoms with Gasteiger partial charge >= 0.3 is 0 Å². The Bertz CT molecular complexity index is 473. The lowest BCUT2D eigenvalue weighted by atomic mass is 10.1. The molecule has 1 amide bonds. The van der Waals surface area contributed by atoms with Crippen molar-refractivity contribution in [2.45, 2.75) is 78.1 Å². The molecular weight excluding hydrogens is 318 g/mol. The van der Waals surface area contributed by atoms with Crippen LogP contribution in [-0.4, -0.2) is 12.5 Å². The van der Waals surface area contributed by atoms with Crippen molar-refractivity contribution in [3.05, 3.63) is 48.6 Å². The third kappa shape index (κ3) is 12.7. The molecule has 0 aromatic heterocycles. The summed E-state index contributed by atoms with van der Waals surface area (Å²) in [6.07, 6.45) is 28.9. The Labute approximate surface area is 161 Å². The van der Waals surface area contributed by atoms with Crippen molar-refractivity contribution in [1.82, 2.24) is 5.32 Å². The lowest BCUT2D eigenvalue weighted by Crippen LogP contribution is -2.23. The van der Waals surface area contributed by atoms with E-state index in [0.717, 1.165) is 56.9 Å². The number of nitrogens with one attached hydrogen (secondary N) is 1. The van der Waals surface area contributed by atoms with Crippen molar-refractivity contribution in [1.29, 1.82) is 0 Å².